The van der Waals surface area contributed by atoms with Crippen LogP contribution in [0.2, 0.25) is 0 Å². The summed E-state index contributed by atoms with van der Waals surface area (Å²) in [4.78, 5) is 28.9. The Hall–Kier alpha value is -2.06. The second-order valence-electron chi connectivity index (χ2n) is 6.87. The molecule has 2 aromatic rings. The fraction of sp³-hybridized carbons (Fsp3) is 0.526. The first-order chi connectivity index (χ1) is 13.2. The molecule has 0 spiro atoms. The highest BCUT2D eigenvalue weighted by Crippen LogP contribution is 2.29. The van der Waals surface area contributed by atoms with E-state index < -0.39 is 0 Å². The number of ether oxygens (including phenoxy) is 1. The van der Waals surface area contributed by atoms with Crippen molar-refractivity contribution in [2.24, 2.45) is 0 Å². The second kappa shape index (κ2) is 8.31. The van der Waals surface area contributed by atoms with Gasteiger partial charge >= 0.3 is 5.69 Å². The Morgan fingerprint density at radius 3 is 3.07 bits per heavy atom. The van der Waals surface area contributed by atoms with E-state index in [0.29, 0.717) is 18.1 Å². The summed E-state index contributed by atoms with van der Waals surface area (Å²) in [5.41, 5.74) is 1.83. The van der Waals surface area contributed by atoms with Gasteiger partial charge in [0.2, 0.25) is 5.91 Å². The summed E-state index contributed by atoms with van der Waals surface area (Å²) in [6.07, 6.45) is 6.53. The van der Waals surface area contributed by atoms with Crippen LogP contribution in [0.4, 0.5) is 0 Å². The molecule has 1 atom stereocenters. The van der Waals surface area contributed by atoms with Crippen LogP contribution in [0.3, 0.4) is 0 Å². The monoisotopic (exact) mass is 389 g/mol. The minimum atomic E-state index is -0.283. The number of hydrogen-bond donors (Lipinski definition) is 1. The fourth-order valence-electron chi connectivity index (χ4n) is 3.64. The summed E-state index contributed by atoms with van der Waals surface area (Å²) < 4.78 is 12.6. The van der Waals surface area contributed by atoms with Crippen LogP contribution in [-0.2, 0) is 28.9 Å². The SMILES string of the molecule is O=C(CSc1nc(=O)n(Cc2ccco2)c2c1CCC2)NC[C@@H]1CCCO1. The first-order valence-electron chi connectivity index (χ1n) is 9.37. The number of nitrogens with zero attached hydrogens (tertiary/aromatic N) is 2. The predicted molar refractivity (Wildman–Crippen MR) is 101 cm³/mol. The van der Waals surface area contributed by atoms with E-state index in [9.17, 15) is 9.59 Å². The molecule has 1 fully saturated rings. The van der Waals surface area contributed by atoms with Crippen LogP contribution >= 0.6 is 11.8 Å². The molecule has 8 heteroatoms. The van der Waals surface area contributed by atoms with E-state index in [2.05, 4.69) is 10.3 Å². The molecule has 0 bridgehead atoms. The molecule has 7 nitrogen and oxygen atoms in total. The number of thioether (sulfide) groups is 1. The van der Waals surface area contributed by atoms with E-state index in [-0.39, 0.29) is 23.5 Å². The van der Waals surface area contributed by atoms with Gasteiger partial charge in [-0.2, -0.15) is 4.98 Å². The molecule has 1 N–H and O–H groups in total. The van der Waals surface area contributed by atoms with Gasteiger partial charge in [0.1, 0.15) is 10.8 Å². The Kier molecular flexibility index (Phi) is 5.63. The first-order valence-corrected chi connectivity index (χ1v) is 10.4. The van der Waals surface area contributed by atoms with E-state index >= 15 is 0 Å². The summed E-state index contributed by atoms with van der Waals surface area (Å²) in [5, 5.41) is 3.60. The fourth-order valence-corrected chi connectivity index (χ4v) is 4.55. The molecule has 0 saturated carbocycles. The summed E-state index contributed by atoms with van der Waals surface area (Å²) in [6.45, 7) is 1.73. The van der Waals surface area contributed by atoms with Gasteiger partial charge in [0.15, 0.2) is 0 Å². The maximum absolute atomic E-state index is 12.6. The quantitative estimate of drug-likeness (QED) is 0.574. The molecule has 0 aromatic carbocycles. The molecule has 2 aliphatic rings. The van der Waals surface area contributed by atoms with Gasteiger partial charge < -0.3 is 14.5 Å². The molecule has 0 radical (unpaired) electrons. The van der Waals surface area contributed by atoms with Gasteiger partial charge in [0, 0.05) is 24.4 Å². The average molecular weight is 389 g/mol. The topological polar surface area (TPSA) is 86.4 Å². The van der Waals surface area contributed by atoms with Crippen LogP contribution in [0.5, 0.6) is 0 Å². The third-order valence-electron chi connectivity index (χ3n) is 4.99. The van der Waals surface area contributed by atoms with Crippen LogP contribution in [-0.4, -0.2) is 40.5 Å². The Bertz CT molecular complexity index is 857. The van der Waals surface area contributed by atoms with Crippen LogP contribution in [0.1, 0.15) is 36.3 Å². The van der Waals surface area contributed by atoms with Crippen molar-refractivity contribution < 1.29 is 13.9 Å². The zero-order chi connectivity index (χ0) is 18.6. The first kappa shape index (κ1) is 18.3. The van der Waals surface area contributed by atoms with E-state index in [1.54, 1.807) is 10.8 Å². The molecular weight excluding hydrogens is 366 g/mol. The third-order valence-corrected chi connectivity index (χ3v) is 6.00. The Morgan fingerprint density at radius 2 is 2.30 bits per heavy atom. The van der Waals surface area contributed by atoms with Gasteiger partial charge in [0.05, 0.1) is 24.7 Å². The molecule has 4 rings (SSSR count). The third kappa shape index (κ3) is 4.27. The highest BCUT2D eigenvalue weighted by atomic mass is 32.2. The number of rotatable bonds is 7. The van der Waals surface area contributed by atoms with Crippen LogP contribution in [0.15, 0.2) is 32.6 Å². The minimum Gasteiger partial charge on any atom is -0.467 e. The van der Waals surface area contributed by atoms with E-state index in [1.165, 1.54) is 11.8 Å². The molecule has 0 unspecified atom stereocenters. The molecule has 144 valence electrons. The lowest BCUT2D eigenvalue weighted by Crippen LogP contribution is -2.33. The molecular formula is C19H23N3O4S. The lowest BCUT2D eigenvalue weighted by Gasteiger charge is -2.14. The molecule has 3 heterocycles. The van der Waals surface area contributed by atoms with Gasteiger partial charge in [-0.1, -0.05) is 11.8 Å². The van der Waals surface area contributed by atoms with Gasteiger partial charge in [-0.15, -0.1) is 0 Å². The number of fused-ring (bicyclic) bond motifs is 1. The van der Waals surface area contributed by atoms with Crippen molar-refractivity contribution in [2.75, 3.05) is 18.9 Å². The molecule has 1 amide bonds. The Morgan fingerprint density at radius 1 is 1.37 bits per heavy atom. The number of carbonyl (C=O) groups is 1. The molecule has 1 aliphatic carbocycles. The van der Waals surface area contributed by atoms with E-state index in [1.807, 2.05) is 12.1 Å². The van der Waals surface area contributed by atoms with Crippen molar-refractivity contribution in [2.45, 2.75) is 49.8 Å². The van der Waals surface area contributed by atoms with Crippen molar-refractivity contribution in [1.82, 2.24) is 14.9 Å². The Balaban J connectivity index is 1.42. The average Bonchev–Trinajstić information content (AvgIpc) is 3.42. The van der Waals surface area contributed by atoms with Crippen molar-refractivity contribution >= 4 is 17.7 Å². The largest absolute Gasteiger partial charge is 0.467 e. The summed E-state index contributed by atoms with van der Waals surface area (Å²) in [6, 6.07) is 3.67. The minimum absolute atomic E-state index is 0.0520. The molecule has 1 saturated heterocycles. The van der Waals surface area contributed by atoms with Crippen molar-refractivity contribution in [3.63, 3.8) is 0 Å². The van der Waals surface area contributed by atoms with Gasteiger partial charge in [-0.25, -0.2) is 4.79 Å². The highest BCUT2D eigenvalue weighted by Gasteiger charge is 2.23. The summed E-state index contributed by atoms with van der Waals surface area (Å²) in [5.74, 6) is 0.944. The predicted octanol–water partition coefficient (Wildman–Crippen LogP) is 1.76. The van der Waals surface area contributed by atoms with Crippen molar-refractivity contribution in [1.29, 1.82) is 0 Å². The highest BCUT2D eigenvalue weighted by molar-refractivity contribution is 7.99. The number of nitrogens with one attached hydrogen (secondary N) is 1. The van der Waals surface area contributed by atoms with Crippen LogP contribution in [0, 0.1) is 0 Å². The van der Waals surface area contributed by atoms with Gasteiger partial charge in [-0.3, -0.25) is 9.36 Å². The number of amides is 1. The lowest BCUT2D eigenvalue weighted by atomic mass is 10.2. The van der Waals surface area contributed by atoms with Crippen LogP contribution in [0.25, 0.3) is 0 Å². The van der Waals surface area contributed by atoms with Gasteiger partial charge in [-0.05, 0) is 44.2 Å². The standard InChI is InChI=1S/C19H23N3O4S/c23-17(20-10-13-4-2-8-25-13)12-27-18-15-6-1-7-16(15)22(19(24)21-18)11-14-5-3-9-26-14/h3,5,9,13H,1-2,4,6-8,10-12H2,(H,20,23)/t13-/m0/s1. The number of aromatic nitrogens is 2. The smallest absolute Gasteiger partial charge is 0.349 e. The zero-order valence-electron chi connectivity index (χ0n) is 15.1. The maximum Gasteiger partial charge on any atom is 0.349 e. The number of carbonyl (C=O) groups excluding carboxylic acids is 1. The summed E-state index contributed by atoms with van der Waals surface area (Å²) in [7, 11) is 0. The van der Waals surface area contributed by atoms with Gasteiger partial charge in [0.25, 0.3) is 0 Å². The van der Waals surface area contributed by atoms with E-state index in [0.717, 1.165) is 55.7 Å². The second-order valence-corrected chi connectivity index (χ2v) is 7.84. The Labute approximate surface area is 161 Å². The van der Waals surface area contributed by atoms with Crippen molar-refractivity contribution in [3.8, 4) is 0 Å². The molecule has 27 heavy (non-hydrogen) atoms. The number of furan rings is 1. The normalized spacial score (nSPS) is 18.6. The zero-order valence-corrected chi connectivity index (χ0v) is 15.9. The number of hydrogen-bond acceptors (Lipinski definition) is 6. The molecule has 1 aliphatic heterocycles. The van der Waals surface area contributed by atoms with Crippen molar-refractivity contribution in [3.05, 3.63) is 45.9 Å². The maximum atomic E-state index is 12.6. The lowest BCUT2D eigenvalue weighted by molar-refractivity contribution is -0.119. The van der Waals surface area contributed by atoms with Crippen LogP contribution < -0.4 is 11.0 Å². The summed E-state index contributed by atoms with van der Waals surface area (Å²) >= 11 is 1.35. The molecule has 2 aromatic heterocycles. The van der Waals surface area contributed by atoms with E-state index in [4.69, 9.17) is 9.15 Å².